The van der Waals surface area contributed by atoms with Crippen molar-refractivity contribution >= 4 is 23.4 Å². The summed E-state index contributed by atoms with van der Waals surface area (Å²) < 4.78 is 40.9. The number of halogens is 4. The van der Waals surface area contributed by atoms with Gasteiger partial charge in [0.05, 0.1) is 5.56 Å². The number of hydrogen-bond acceptors (Lipinski definition) is 4. The number of ether oxygens (including phenoxy) is 1. The van der Waals surface area contributed by atoms with Gasteiger partial charge in [-0.05, 0) is 24.8 Å². The van der Waals surface area contributed by atoms with Gasteiger partial charge < -0.3 is 15.4 Å². The molecule has 2 N–H and O–H groups in total. The number of amides is 2. The molecular weight excluding hydrogens is 363 g/mol. The molecule has 0 radical (unpaired) electrons. The minimum atomic E-state index is -4.51. The average Bonchev–Trinajstić information content (AvgIpc) is 2.52. The molecule has 25 heavy (non-hydrogen) atoms. The van der Waals surface area contributed by atoms with Gasteiger partial charge in [0.1, 0.15) is 5.02 Å². The summed E-state index contributed by atoms with van der Waals surface area (Å²) in [7, 11) is 0. The molecule has 1 aliphatic rings. The zero-order chi connectivity index (χ0) is 18.6. The van der Waals surface area contributed by atoms with Gasteiger partial charge in [-0.15, -0.1) is 0 Å². The summed E-state index contributed by atoms with van der Waals surface area (Å²) in [5.74, 6) is -0.915. The van der Waals surface area contributed by atoms with Gasteiger partial charge in [-0.25, -0.2) is 4.98 Å². The maximum Gasteiger partial charge on any atom is 0.422 e. The zero-order valence-corrected chi connectivity index (χ0v) is 13.9. The highest BCUT2D eigenvalue weighted by Gasteiger charge is 2.29. The lowest BCUT2D eigenvalue weighted by molar-refractivity contribution is -0.154. The van der Waals surface area contributed by atoms with Crippen molar-refractivity contribution in [1.82, 2.24) is 9.88 Å². The van der Waals surface area contributed by atoms with Crippen LogP contribution in [0.15, 0.2) is 12.3 Å². The van der Waals surface area contributed by atoms with Crippen molar-refractivity contribution in [2.75, 3.05) is 19.7 Å². The minimum Gasteiger partial charge on any atom is -0.467 e. The molecule has 2 amide bonds. The van der Waals surface area contributed by atoms with E-state index in [9.17, 15) is 22.8 Å². The van der Waals surface area contributed by atoms with E-state index in [4.69, 9.17) is 17.3 Å². The Morgan fingerprint density at radius 2 is 2.00 bits per heavy atom. The third-order valence-corrected chi connectivity index (χ3v) is 4.09. The predicted octanol–water partition coefficient (Wildman–Crippen LogP) is 2.40. The molecule has 0 bridgehead atoms. The van der Waals surface area contributed by atoms with Gasteiger partial charge >= 0.3 is 6.18 Å². The summed E-state index contributed by atoms with van der Waals surface area (Å²) in [5, 5.41) is -0.168. The van der Waals surface area contributed by atoms with Crippen LogP contribution in [0.4, 0.5) is 13.2 Å². The first kappa shape index (κ1) is 19.3. The largest absolute Gasteiger partial charge is 0.467 e. The smallest absolute Gasteiger partial charge is 0.422 e. The molecule has 6 nitrogen and oxygen atoms in total. The number of likely N-dealkylation sites (tertiary alicyclic amines) is 1. The number of hydrogen-bond donors (Lipinski definition) is 1. The van der Waals surface area contributed by atoms with Crippen molar-refractivity contribution in [3.8, 4) is 5.88 Å². The molecule has 0 aromatic carbocycles. The van der Waals surface area contributed by atoms with E-state index in [0.29, 0.717) is 32.4 Å². The van der Waals surface area contributed by atoms with Crippen molar-refractivity contribution < 1.29 is 27.5 Å². The molecular formula is C15H17ClF3N3O3. The van der Waals surface area contributed by atoms with Crippen molar-refractivity contribution in [3.05, 3.63) is 22.8 Å². The topological polar surface area (TPSA) is 85.5 Å². The Balaban J connectivity index is 1.96. The van der Waals surface area contributed by atoms with Gasteiger partial charge in [0.2, 0.25) is 11.8 Å². The van der Waals surface area contributed by atoms with Crippen LogP contribution in [0.25, 0.3) is 0 Å². The summed E-state index contributed by atoms with van der Waals surface area (Å²) in [5.41, 5.74) is 5.33. The number of primary amides is 1. The van der Waals surface area contributed by atoms with Gasteiger partial charge in [-0.1, -0.05) is 11.6 Å². The quantitative estimate of drug-likeness (QED) is 0.851. The summed E-state index contributed by atoms with van der Waals surface area (Å²) >= 11 is 5.84. The summed E-state index contributed by atoms with van der Waals surface area (Å²) in [4.78, 5) is 28.6. The Labute approximate surface area is 147 Å². The van der Waals surface area contributed by atoms with E-state index in [1.54, 1.807) is 4.90 Å². The molecule has 138 valence electrons. The van der Waals surface area contributed by atoms with Crippen LogP contribution < -0.4 is 10.5 Å². The molecule has 1 aromatic heterocycles. The number of pyridine rings is 1. The summed E-state index contributed by atoms with van der Waals surface area (Å²) in [6, 6.07) is 1.23. The average molecular weight is 380 g/mol. The number of piperidine rings is 1. The van der Waals surface area contributed by atoms with Crippen LogP contribution in [0.5, 0.6) is 5.88 Å². The van der Waals surface area contributed by atoms with Crippen molar-refractivity contribution in [3.63, 3.8) is 0 Å². The maximum absolute atomic E-state index is 12.4. The second-order valence-electron chi connectivity index (χ2n) is 5.82. The van der Waals surface area contributed by atoms with Gasteiger partial charge in [0.25, 0.3) is 5.91 Å². The third-order valence-electron chi connectivity index (χ3n) is 3.82. The molecule has 2 heterocycles. The van der Waals surface area contributed by atoms with Gasteiger partial charge in [0, 0.05) is 25.7 Å². The molecule has 0 spiro atoms. The van der Waals surface area contributed by atoms with Gasteiger partial charge in [0.15, 0.2) is 6.61 Å². The lowest BCUT2D eigenvalue weighted by Gasteiger charge is -2.31. The molecule has 1 aliphatic heterocycles. The van der Waals surface area contributed by atoms with E-state index in [1.807, 2.05) is 0 Å². The molecule has 1 aromatic rings. The summed E-state index contributed by atoms with van der Waals surface area (Å²) in [6.07, 6.45) is -1.77. The fraction of sp³-hybridized carbons (Fsp3) is 0.533. The van der Waals surface area contributed by atoms with E-state index in [-0.39, 0.29) is 34.2 Å². The number of rotatable bonds is 5. The first-order valence-electron chi connectivity index (χ1n) is 7.58. The second-order valence-corrected chi connectivity index (χ2v) is 6.23. The number of carbonyl (C=O) groups is 2. The Kier molecular flexibility index (Phi) is 6.10. The molecule has 2 rings (SSSR count). The zero-order valence-electron chi connectivity index (χ0n) is 13.2. The van der Waals surface area contributed by atoms with Crippen LogP contribution >= 0.6 is 11.6 Å². The normalized spacial score (nSPS) is 15.9. The van der Waals surface area contributed by atoms with Gasteiger partial charge in [-0.2, -0.15) is 13.2 Å². The van der Waals surface area contributed by atoms with Crippen LogP contribution in [0.2, 0.25) is 5.02 Å². The molecule has 0 saturated carbocycles. The van der Waals surface area contributed by atoms with Crippen LogP contribution in [-0.2, 0) is 4.79 Å². The Hall–Kier alpha value is -2.03. The second kappa shape index (κ2) is 7.90. The number of carbonyl (C=O) groups excluding carboxylic acids is 2. The molecule has 1 saturated heterocycles. The lowest BCUT2D eigenvalue weighted by atomic mass is 9.93. The summed E-state index contributed by atoms with van der Waals surface area (Å²) in [6.45, 7) is -0.595. The fourth-order valence-corrected chi connectivity index (χ4v) is 2.83. The van der Waals surface area contributed by atoms with Crippen LogP contribution in [-0.4, -0.2) is 47.6 Å². The monoisotopic (exact) mass is 379 g/mol. The number of nitrogens with two attached hydrogens (primary N) is 1. The molecule has 10 heteroatoms. The highest BCUT2D eigenvalue weighted by atomic mass is 35.5. The van der Waals surface area contributed by atoms with E-state index < -0.39 is 12.8 Å². The third kappa shape index (κ3) is 5.77. The maximum atomic E-state index is 12.4. The van der Waals surface area contributed by atoms with E-state index in [0.717, 1.165) is 6.20 Å². The van der Waals surface area contributed by atoms with E-state index >= 15 is 0 Å². The highest BCUT2D eigenvalue weighted by Crippen LogP contribution is 2.27. The number of aromatic nitrogens is 1. The highest BCUT2D eigenvalue weighted by molar-refractivity contribution is 6.32. The first-order valence-corrected chi connectivity index (χ1v) is 7.96. The van der Waals surface area contributed by atoms with E-state index in [1.165, 1.54) is 6.07 Å². The SMILES string of the molecule is NC(=O)CC1CCN(C(=O)c2cnc(OCC(F)(F)F)c(Cl)c2)CC1. The van der Waals surface area contributed by atoms with Crippen LogP contribution in [0, 0.1) is 5.92 Å². The molecule has 0 atom stereocenters. The molecule has 0 unspecified atom stereocenters. The number of alkyl halides is 3. The Morgan fingerprint density at radius 3 is 2.52 bits per heavy atom. The van der Waals surface area contributed by atoms with Crippen molar-refractivity contribution in [2.45, 2.75) is 25.4 Å². The van der Waals surface area contributed by atoms with Crippen molar-refractivity contribution in [1.29, 1.82) is 0 Å². The lowest BCUT2D eigenvalue weighted by Crippen LogP contribution is -2.39. The fourth-order valence-electron chi connectivity index (χ4n) is 2.61. The minimum absolute atomic E-state index is 0.154. The van der Waals surface area contributed by atoms with E-state index in [2.05, 4.69) is 9.72 Å². The van der Waals surface area contributed by atoms with Gasteiger partial charge in [-0.3, -0.25) is 9.59 Å². The van der Waals surface area contributed by atoms with Crippen LogP contribution in [0.1, 0.15) is 29.6 Å². The Morgan fingerprint density at radius 1 is 1.36 bits per heavy atom. The number of nitrogens with zero attached hydrogens (tertiary/aromatic N) is 2. The first-order chi connectivity index (χ1) is 11.7. The van der Waals surface area contributed by atoms with Crippen LogP contribution in [0.3, 0.4) is 0 Å². The predicted molar refractivity (Wildman–Crippen MR) is 83.2 cm³/mol. The molecule has 1 fully saturated rings. The van der Waals surface area contributed by atoms with Crippen molar-refractivity contribution in [2.24, 2.45) is 11.7 Å². The standard InChI is InChI=1S/C15H17ClF3N3O3/c16-11-6-10(7-21-13(11)25-8-15(17,18)19)14(24)22-3-1-9(2-4-22)5-12(20)23/h6-7,9H,1-5,8H2,(H2,20,23). The Bertz CT molecular complexity index is 647. The molecule has 0 aliphatic carbocycles.